The molecule has 1 aliphatic rings. The number of hydrogen-bond donors (Lipinski definition) is 2. The van der Waals surface area contributed by atoms with Crippen LogP contribution in [0.4, 0.5) is 11.4 Å². The second kappa shape index (κ2) is 9.48. The predicted octanol–water partition coefficient (Wildman–Crippen LogP) is 5.18. The molecule has 0 saturated carbocycles. The molecule has 10 heteroatoms. The van der Waals surface area contributed by atoms with Gasteiger partial charge in [0.1, 0.15) is 5.76 Å². The third kappa shape index (κ3) is 4.55. The number of nitrogens with one attached hydrogen (secondary N) is 2. The van der Waals surface area contributed by atoms with E-state index in [9.17, 15) is 19.7 Å². The number of hydrogen-bond acceptors (Lipinski definition) is 6. The van der Waals surface area contributed by atoms with E-state index in [0.29, 0.717) is 46.2 Å². The van der Waals surface area contributed by atoms with Crippen LogP contribution < -0.4 is 10.7 Å². The molecule has 0 atom stereocenters. The molecule has 0 spiro atoms. The summed E-state index contributed by atoms with van der Waals surface area (Å²) in [5, 5.41) is 18.5. The molecule has 174 valence electrons. The molecule has 0 radical (unpaired) electrons. The molecule has 2 aromatic carbocycles. The summed E-state index contributed by atoms with van der Waals surface area (Å²) in [7, 11) is 0. The van der Waals surface area contributed by atoms with Crippen molar-refractivity contribution >= 4 is 40.5 Å². The highest BCUT2D eigenvalue weighted by atomic mass is 35.5. The second-order valence-electron chi connectivity index (χ2n) is 7.88. The maximum Gasteiger partial charge on any atom is 0.291 e. The number of nitro benzene ring substituents is 1. The van der Waals surface area contributed by atoms with Gasteiger partial charge < -0.3 is 9.73 Å². The summed E-state index contributed by atoms with van der Waals surface area (Å²) in [6.45, 7) is 3.59. The quantitative estimate of drug-likeness (QED) is 0.384. The summed E-state index contributed by atoms with van der Waals surface area (Å²) < 4.78 is 5.90. The van der Waals surface area contributed by atoms with Crippen molar-refractivity contribution in [2.75, 3.05) is 5.32 Å². The molecule has 0 fully saturated rings. The van der Waals surface area contributed by atoms with Crippen LogP contribution in [0.3, 0.4) is 0 Å². The van der Waals surface area contributed by atoms with Crippen molar-refractivity contribution in [2.24, 2.45) is 5.10 Å². The normalized spacial score (nSPS) is 13.9. The molecule has 34 heavy (non-hydrogen) atoms. The largest absolute Gasteiger partial charge is 0.455 e. The first-order chi connectivity index (χ1) is 16.3. The van der Waals surface area contributed by atoms with Crippen LogP contribution in [-0.4, -0.2) is 22.4 Å². The van der Waals surface area contributed by atoms with Gasteiger partial charge in [0, 0.05) is 46.0 Å². The number of nitro groups is 1. The van der Waals surface area contributed by atoms with Gasteiger partial charge in [-0.1, -0.05) is 17.7 Å². The topological polar surface area (TPSA) is 127 Å². The summed E-state index contributed by atoms with van der Waals surface area (Å²) in [5.74, 6) is -0.0719. The van der Waals surface area contributed by atoms with E-state index in [1.54, 1.807) is 25.1 Å². The highest BCUT2D eigenvalue weighted by Crippen LogP contribution is 2.31. The minimum Gasteiger partial charge on any atom is -0.455 e. The molecular formula is C24H21ClN4O5. The standard InChI is InChI=1S/C24H21ClN4O5/c1-13-17(25)5-3-6-18(13)26-24(31)22-14(2)21-19(7-4-8-20(21)34-22)27-28-23(30)15-9-11-16(12-10-15)29(32)33/h3,5-6,9-12H,4,7-8H2,1-2H3,(H,26,31)(H,28,30)/b27-19+. The Kier molecular flexibility index (Phi) is 6.47. The van der Waals surface area contributed by atoms with Crippen LogP contribution in [0.15, 0.2) is 52.0 Å². The number of benzene rings is 2. The molecule has 1 heterocycles. The Labute approximate surface area is 199 Å². The molecule has 2 amide bonds. The lowest BCUT2D eigenvalue weighted by Gasteiger charge is -2.13. The maximum absolute atomic E-state index is 12.9. The fourth-order valence-corrected chi connectivity index (χ4v) is 4.01. The van der Waals surface area contributed by atoms with E-state index in [-0.39, 0.29) is 17.0 Å². The first kappa shape index (κ1) is 23.2. The number of aryl methyl sites for hydroxylation is 1. The fourth-order valence-electron chi connectivity index (χ4n) is 3.84. The Morgan fingerprint density at radius 2 is 1.79 bits per heavy atom. The number of nitrogens with zero attached hydrogens (tertiary/aromatic N) is 2. The Morgan fingerprint density at radius 3 is 2.50 bits per heavy atom. The third-order valence-corrected chi connectivity index (χ3v) is 6.09. The number of hydrazone groups is 1. The molecule has 3 aromatic rings. The lowest BCUT2D eigenvalue weighted by Crippen LogP contribution is -2.22. The van der Waals surface area contributed by atoms with Gasteiger partial charge in [-0.2, -0.15) is 5.10 Å². The molecule has 9 nitrogen and oxygen atoms in total. The van der Waals surface area contributed by atoms with Gasteiger partial charge in [-0.15, -0.1) is 0 Å². The van der Waals surface area contributed by atoms with E-state index >= 15 is 0 Å². The average Bonchev–Trinajstić information content (AvgIpc) is 3.17. The molecule has 0 saturated heterocycles. The zero-order valence-electron chi connectivity index (χ0n) is 18.5. The summed E-state index contributed by atoms with van der Waals surface area (Å²) in [6.07, 6.45) is 2.00. The number of fused-ring (bicyclic) bond motifs is 1. The number of furan rings is 1. The van der Waals surface area contributed by atoms with Crippen LogP contribution in [0, 0.1) is 24.0 Å². The third-order valence-electron chi connectivity index (χ3n) is 5.68. The second-order valence-corrected chi connectivity index (χ2v) is 8.29. The van der Waals surface area contributed by atoms with Gasteiger partial charge in [0.05, 0.1) is 10.6 Å². The van der Waals surface area contributed by atoms with Gasteiger partial charge in [0.15, 0.2) is 5.76 Å². The molecule has 0 bridgehead atoms. The van der Waals surface area contributed by atoms with Crippen molar-refractivity contribution in [3.8, 4) is 0 Å². The van der Waals surface area contributed by atoms with Crippen LogP contribution in [0.2, 0.25) is 5.02 Å². The molecule has 1 aliphatic carbocycles. The molecule has 2 N–H and O–H groups in total. The molecule has 0 aliphatic heterocycles. The number of non-ortho nitro benzene ring substituents is 1. The molecular weight excluding hydrogens is 460 g/mol. The minimum atomic E-state index is -0.533. The van der Waals surface area contributed by atoms with Crippen molar-refractivity contribution < 1.29 is 18.9 Å². The van der Waals surface area contributed by atoms with Crippen LogP contribution in [0.25, 0.3) is 0 Å². The van der Waals surface area contributed by atoms with E-state index < -0.39 is 16.7 Å². The van der Waals surface area contributed by atoms with E-state index in [0.717, 1.165) is 12.0 Å². The van der Waals surface area contributed by atoms with E-state index in [1.807, 2.05) is 6.92 Å². The smallest absolute Gasteiger partial charge is 0.291 e. The van der Waals surface area contributed by atoms with Crippen LogP contribution in [0.5, 0.6) is 0 Å². The van der Waals surface area contributed by atoms with Crippen molar-refractivity contribution in [3.05, 3.63) is 91.4 Å². The SMILES string of the molecule is Cc1c(Cl)cccc1NC(=O)c1oc2c(c1C)/C(=N/NC(=O)c1ccc([N+](=O)[O-])cc1)CCC2. The van der Waals surface area contributed by atoms with Crippen LogP contribution >= 0.6 is 11.6 Å². The zero-order valence-corrected chi connectivity index (χ0v) is 19.2. The maximum atomic E-state index is 12.9. The van der Waals surface area contributed by atoms with Crippen LogP contribution in [-0.2, 0) is 6.42 Å². The fraction of sp³-hybridized carbons (Fsp3) is 0.208. The number of halogens is 1. The average molecular weight is 481 g/mol. The molecule has 4 rings (SSSR count). The van der Waals surface area contributed by atoms with Gasteiger partial charge >= 0.3 is 0 Å². The number of rotatable bonds is 5. The van der Waals surface area contributed by atoms with Gasteiger partial charge in [-0.3, -0.25) is 19.7 Å². The Morgan fingerprint density at radius 1 is 1.06 bits per heavy atom. The minimum absolute atomic E-state index is 0.104. The summed E-state index contributed by atoms with van der Waals surface area (Å²) in [5.41, 5.74) is 5.94. The number of amides is 2. The van der Waals surface area contributed by atoms with Crippen LogP contribution in [0.1, 0.15) is 56.2 Å². The Bertz CT molecular complexity index is 1330. The van der Waals surface area contributed by atoms with Gasteiger partial charge in [0.25, 0.3) is 17.5 Å². The monoisotopic (exact) mass is 480 g/mol. The lowest BCUT2D eigenvalue weighted by atomic mass is 9.93. The summed E-state index contributed by atoms with van der Waals surface area (Å²) >= 11 is 6.15. The van der Waals surface area contributed by atoms with Gasteiger partial charge in [-0.25, -0.2) is 5.43 Å². The Hall–Kier alpha value is -3.98. The van der Waals surface area contributed by atoms with E-state index in [2.05, 4.69) is 15.8 Å². The highest BCUT2D eigenvalue weighted by Gasteiger charge is 2.28. The number of carbonyl (C=O) groups is 2. The number of anilines is 1. The summed E-state index contributed by atoms with van der Waals surface area (Å²) in [6, 6.07) is 10.5. The van der Waals surface area contributed by atoms with Crippen molar-refractivity contribution in [1.29, 1.82) is 0 Å². The molecule has 0 unspecified atom stereocenters. The molecule has 1 aromatic heterocycles. The zero-order chi connectivity index (χ0) is 24.4. The highest BCUT2D eigenvalue weighted by molar-refractivity contribution is 6.31. The van der Waals surface area contributed by atoms with Gasteiger partial charge in [-0.05, 0) is 56.5 Å². The number of carbonyl (C=O) groups excluding carboxylic acids is 2. The van der Waals surface area contributed by atoms with Crippen molar-refractivity contribution in [2.45, 2.75) is 33.1 Å². The summed E-state index contributed by atoms with van der Waals surface area (Å²) in [4.78, 5) is 35.7. The first-order valence-corrected chi connectivity index (χ1v) is 10.9. The van der Waals surface area contributed by atoms with Crippen molar-refractivity contribution in [1.82, 2.24) is 5.43 Å². The van der Waals surface area contributed by atoms with Gasteiger partial charge in [0.2, 0.25) is 0 Å². The first-order valence-electron chi connectivity index (χ1n) is 10.6. The Balaban J connectivity index is 1.55. The lowest BCUT2D eigenvalue weighted by molar-refractivity contribution is -0.384. The predicted molar refractivity (Wildman–Crippen MR) is 128 cm³/mol. The van der Waals surface area contributed by atoms with E-state index in [4.69, 9.17) is 16.0 Å². The van der Waals surface area contributed by atoms with Crippen molar-refractivity contribution in [3.63, 3.8) is 0 Å². The van der Waals surface area contributed by atoms with E-state index in [1.165, 1.54) is 24.3 Å².